The van der Waals surface area contributed by atoms with Gasteiger partial charge in [0.25, 0.3) is 0 Å². The summed E-state index contributed by atoms with van der Waals surface area (Å²) in [6.07, 6.45) is 1.41. The van der Waals surface area contributed by atoms with Crippen LogP contribution in [-0.4, -0.2) is 29.2 Å². The Morgan fingerprint density at radius 1 is 1.09 bits per heavy atom. The predicted molar refractivity (Wildman–Crippen MR) is 92.1 cm³/mol. The number of rotatable bonds is 8. The number of benzene rings is 1. The third kappa shape index (κ3) is 4.46. The van der Waals surface area contributed by atoms with Gasteiger partial charge < -0.3 is 9.47 Å². The third-order valence-corrected chi connectivity index (χ3v) is 6.59. The molecule has 0 bridgehead atoms. The fourth-order valence-electron chi connectivity index (χ4n) is 2.13. The van der Waals surface area contributed by atoms with Crippen LogP contribution in [0.1, 0.15) is 17.4 Å². The highest BCUT2D eigenvalue weighted by Crippen LogP contribution is 2.27. The standard InChI is InChI=1S/C16H21NO4S2/c1-4-13-6-8-16(22-13)23(18,19)17-10-9-12-5-7-14(20-2)15(11-12)21-3/h5-8,11,17H,4,9-10H2,1-3H3. The number of nitrogens with one attached hydrogen (secondary N) is 1. The van der Waals surface area contributed by atoms with Crippen LogP contribution in [0.25, 0.3) is 0 Å². The van der Waals surface area contributed by atoms with E-state index in [1.54, 1.807) is 20.3 Å². The molecule has 1 aromatic carbocycles. The highest BCUT2D eigenvalue weighted by molar-refractivity contribution is 7.91. The van der Waals surface area contributed by atoms with Crippen LogP contribution >= 0.6 is 11.3 Å². The summed E-state index contributed by atoms with van der Waals surface area (Å²) in [5.41, 5.74) is 0.978. The molecule has 0 saturated heterocycles. The third-order valence-electron chi connectivity index (χ3n) is 3.40. The molecule has 0 unspecified atom stereocenters. The summed E-state index contributed by atoms with van der Waals surface area (Å²) in [5.74, 6) is 1.29. The van der Waals surface area contributed by atoms with Gasteiger partial charge in [-0.25, -0.2) is 13.1 Å². The van der Waals surface area contributed by atoms with E-state index in [0.29, 0.717) is 28.7 Å². The first kappa shape index (κ1) is 17.8. The lowest BCUT2D eigenvalue weighted by Crippen LogP contribution is -2.25. The zero-order chi connectivity index (χ0) is 16.9. The number of hydrogen-bond donors (Lipinski definition) is 1. The summed E-state index contributed by atoms with van der Waals surface area (Å²) in [6.45, 7) is 2.34. The fraction of sp³-hybridized carbons (Fsp3) is 0.375. The van der Waals surface area contributed by atoms with Gasteiger partial charge in [-0.05, 0) is 42.7 Å². The highest BCUT2D eigenvalue weighted by Gasteiger charge is 2.16. The Labute approximate surface area is 141 Å². The molecule has 23 heavy (non-hydrogen) atoms. The Hall–Kier alpha value is -1.57. The van der Waals surface area contributed by atoms with Gasteiger partial charge in [0.15, 0.2) is 11.5 Å². The van der Waals surface area contributed by atoms with E-state index in [-0.39, 0.29) is 0 Å². The summed E-state index contributed by atoms with van der Waals surface area (Å²) in [4.78, 5) is 1.06. The van der Waals surface area contributed by atoms with E-state index < -0.39 is 10.0 Å². The zero-order valence-electron chi connectivity index (χ0n) is 13.5. The second kappa shape index (κ2) is 7.81. The molecule has 126 valence electrons. The lowest BCUT2D eigenvalue weighted by atomic mass is 10.1. The maximum Gasteiger partial charge on any atom is 0.250 e. The van der Waals surface area contributed by atoms with E-state index >= 15 is 0 Å². The summed E-state index contributed by atoms with van der Waals surface area (Å²) in [6, 6.07) is 9.08. The predicted octanol–water partition coefficient (Wildman–Crippen LogP) is 2.85. The lowest BCUT2D eigenvalue weighted by Gasteiger charge is -2.10. The maximum atomic E-state index is 12.2. The van der Waals surface area contributed by atoms with Crippen molar-refractivity contribution in [3.8, 4) is 11.5 Å². The number of sulfonamides is 1. The fourth-order valence-corrected chi connectivity index (χ4v) is 4.50. The minimum absolute atomic E-state index is 0.331. The van der Waals surface area contributed by atoms with Gasteiger partial charge in [0, 0.05) is 11.4 Å². The molecule has 0 aliphatic heterocycles. The van der Waals surface area contributed by atoms with Gasteiger partial charge in [-0.2, -0.15) is 0 Å². The number of hydrogen-bond acceptors (Lipinski definition) is 5. The molecule has 5 nitrogen and oxygen atoms in total. The Balaban J connectivity index is 1.98. The van der Waals surface area contributed by atoms with Gasteiger partial charge in [-0.3, -0.25) is 0 Å². The second-order valence-electron chi connectivity index (χ2n) is 4.91. The van der Waals surface area contributed by atoms with Crippen LogP contribution in [0.3, 0.4) is 0 Å². The van der Waals surface area contributed by atoms with E-state index in [2.05, 4.69) is 4.72 Å². The quantitative estimate of drug-likeness (QED) is 0.791. The van der Waals surface area contributed by atoms with Crippen molar-refractivity contribution in [2.75, 3.05) is 20.8 Å². The van der Waals surface area contributed by atoms with Crippen LogP contribution in [0.5, 0.6) is 11.5 Å². The molecule has 1 N–H and O–H groups in total. The lowest BCUT2D eigenvalue weighted by molar-refractivity contribution is 0.354. The molecule has 0 aliphatic rings. The van der Waals surface area contributed by atoms with E-state index in [4.69, 9.17) is 9.47 Å². The van der Waals surface area contributed by atoms with Crippen molar-refractivity contribution in [1.29, 1.82) is 0 Å². The molecule has 2 aromatic rings. The molecular weight excluding hydrogens is 334 g/mol. The van der Waals surface area contributed by atoms with Gasteiger partial charge in [0.1, 0.15) is 4.21 Å². The first-order valence-electron chi connectivity index (χ1n) is 7.29. The van der Waals surface area contributed by atoms with Crippen molar-refractivity contribution < 1.29 is 17.9 Å². The largest absolute Gasteiger partial charge is 0.493 e. The van der Waals surface area contributed by atoms with E-state index in [0.717, 1.165) is 16.9 Å². The SMILES string of the molecule is CCc1ccc(S(=O)(=O)NCCc2ccc(OC)c(OC)c2)s1. The molecule has 0 atom stereocenters. The first-order valence-corrected chi connectivity index (χ1v) is 9.59. The number of aryl methyl sites for hydroxylation is 1. The van der Waals surface area contributed by atoms with Crippen LogP contribution < -0.4 is 14.2 Å². The van der Waals surface area contributed by atoms with Crippen molar-refractivity contribution in [3.63, 3.8) is 0 Å². The minimum atomic E-state index is -3.44. The molecule has 0 saturated carbocycles. The van der Waals surface area contributed by atoms with Crippen LogP contribution in [0.2, 0.25) is 0 Å². The van der Waals surface area contributed by atoms with Crippen molar-refractivity contribution in [2.24, 2.45) is 0 Å². The normalized spacial score (nSPS) is 11.4. The molecule has 1 heterocycles. The molecular formula is C16H21NO4S2. The van der Waals surface area contributed by atoms with Gasteiger partial charge in [0.05, 0.1) is 14.2 Å². The molecule has 0 radical (unpaired) electrons. The molecule has 7 heteroatoms. The van der Waals surface area contributed by atoms with E-state index in [1.165, 1.54) is 11.3 Å². The van der Waals surface area contributed by atoms with Gasteiger partial charge >= 0.3 is 0 Å². The molecule has 2 rings (SSSR count). The minimum Gasteiger partial charge on any atom is -0.493 e. The Kier molecular flexibility index (Phi) is 6.04. The first-order chi connectivity index (χ1) is 11.0. The number of thiophene rings is 1. The van der Waals surface area contributed by atoms with Crippen LogP contribution in [-0.2, 0) is 22.9 Å². The average Bonchev–Trinajstić information content (AvgIpc) is 3.04. The van der Waals surface area contributed by atoms with Gasteiger partial charge in [-0.15, -0.1) is 11.3 Å². The average molecular weight is 355 g/mol. The Bertz CT molecular complexity index is 753. The van der Waals surface area contributed by atoms with E-state index in [9.17, 15) is 8.42 Å². The van der Waals surface area contributed by atoms with Crippen molar-refractivity contribution in [3.05, 3.63) is 40.8 Å². The monoisotopic (exact) mass is 355 g/mol. The smallest absolute Gasteiger partial charge is 0.250 e. The zero-order valence-corrected chi connectivity index (χ0v) is 15.1. The summed E-state index contributed by atoms with van der Waals surface area (Å²) >= 11 is 1.31. The van der Waals surface area contributed by atoms with Gasteiger partial charge in [-0.1, -0.05) is 13.0 Å². The van der Waals surface area contributed by atoms with Crippen LogP contribution in [0, 0.1) is 0 Å². The molecule has 0 fully saturated rings. The number of ether oxygens (including phenoxy) is 2. The summed E-state index contributed by atoms with van der Waals surface area (Å²) < 4.78 is 37.9. The van der Waals surface area contributed by atoms with Crippen LogP contribution in [0.15, 0.2) is 34.5 Å². The Morgan fingerprint density at radius 2 is 1.83 bits per heavy atom. The summed E-state index contributed by atoms with van der Waals surface area (Å²) in [7, 11) is -0.279. The summed E-state index contributed by atoms with van der Waals surface area (Å²) in [5, 5.41) is 0. The molecule has 0 aliphatic carbocycles. The van der Waals surface area contributed by atoms with Crippen molar-refractivity contribution in [2.45, 2.75) is 24.0 Å². The van der Waals surface area contributed by atoms with Crippen molar-refractivity contribution >= 4 is 21.4 Å². The van der Waals surface area contributed by atoms with Crippen molar-refractivity contribution in [1.82, 2.24) is 4.72 Å². The molecule has 0 amide bonds. The Morgan fingerprint density at radius 3 is 2.43 bits per heavy atom. The van der Waals surface area contributed by atoms with E-state index in [1.807, 2.05) is 31.2 Å². The molecule has 1 aromatic heterocycles. The highest BCUT2D eigenvalue weighted by atomic mass is 32.2. The van der Waals surface area contributed by atoms with Gasteiger partial charge in [0.2, 0.25) is 10.0 Å². The molecule has 0 spiro atoms. The second-order valence-corrected chi connectivity index (χ2v) is 8.07. The van der Waals surface area contributed by atoms with Crippen LogP contribution in [0.4, 0.5) is 0 Å². The topological polar surface area (TPSA) is 64.6 Å². The number of methoxy groups -OCH3 is 2. The maximum absolute atomic E-state index is 12.2.